The van der Waals surface area contributed by atoms with E-state index in [9.17, 15) is 14.0 Å². The van der Waals surface area contributed by atoms with Crippen molar-refractivity contribution in [3.63, 3.8) is 0 Å². The molecule has 0 aromatic heterocycles. The second-order valence-electron chi connectivity index (χ2n) is 4.15. The number of rotatable bonds is 3. The molecule has 5 nitrogen and oxygen atoms in total. The zero-order valence-electron chi connectivity index (χ0n) is 9.47. The average molecular weight is 253 g/mol. The maximum absolute atomic E-state index is 13.7. The van der Waals surface area contributed by atoms with Crippen LogP contribution in [0.1, 0.15) is 12.0 Å². The van der Waals surface area contributed by atoms with Gasteiger partial charge in [0.05, 0.1) is 18.2 Å². The van der Waals surface area contributed by atoms with Crippen LogP contribution in [-0.4, -0.2) is 28.6 Å². The Balaban J connectivity index is 2.38. The van der Waals surface area contributed by atoms with E-state index in [1.54, 1.807) is 0 Å². The van der Waals surface area contributed by atoms with E-state index in [0.29, 0.717) is 0 Å². The molecule has 0 bridgehead atoms. The first kappa shape index (κ1) is 12.5. The zero-order chi connectivity index (χ0) is 13.3. The summed E-state index contributed by atoms with van der Waals surface area (Å²) >= 11 is 0. The van der Waals surface area contributed by atoms with Gasteiger partial charge in [-0.05, 0) is 6.07 Å². The second-order valence-corrected chi connectivity index (χ2v) is 4.15. The van der Waals surface area contributed by atoms with Crippen molar-refractivity contribution in [2.24, 2.45) is 5.92 Å². The van der Waals surface area contributed by atoms with Crippen LogP contribution in [0.4, 0.5) is 10.1 Å². The highest BCUT2D eigenvalue weighted by Crippen LogP contribution is 2.30. The Kier molecular flexibility index (Phi) is 3.29. The Bertz CT molecular complexity index is 503. The Labute approximate surface area is 102 Å². The normalized spacial score (nSPS) is 19.3. The number of anilines is 1. The van der Waals surface area contributed by atoms with Gasteiger partial charge >= 0.3 is 5.97 Å². The molecule has 1 unspecified atom stereocenters. The first-order valence-corrected chi connectivity index (χ1v) is 5.46. The maximum Gasteiger partial charge on any atom is 0.308 e. The van der Waals surface area contributed by atoms with Crippen molar-refractivity contribution in [3.8, 4) is 0 Å². The number of carboxylic acids is 1. The lowest BCUT2D eigenvalue weighted by atomic mass is 10.1. The summed E-state index contributed by atoms with van der Waals surface area (Å²) in [4.78, 5) is 23.7. The van der Waals surface area contributed by atoms with E-state index in [-0.39, 0.29) is 24.2 Å². The molecule has 1 aromatic carbocycles. The van der Waals surface area contributed by atoms with Gasteiger partial charge < -0.3 is 15.1 Å². The molecule has 96 valence electrons. The highest BCUT2D eigenvalue weighted by molar-refractivity contribution is 5.99. The molecular weight excluding hydrogens is 241 g/mol. The number of carbonyl (C=O) groups is 2. The summed E-state index contributed by atoms with van der Waals surface area (Å²) in [6.45, 7) is -0.475. The second kappa shape index (κ2) is 4.73. The molecule has 1 aliphatic heterocycles. The number of aliphatic carboxylic acids is 1. The fraction of sp³-hybridized carbons (Fsp3) is 0.333. The number of hydrogen-bond donors (Lipinski definition) is 2. The molecule has 2 N–H and O–H groups in total. The van der Waals surface area contributed by atoms with E-state index < -0.39 is 30.2 Å². The van der Waals surface area contributed by atoms with Gasteiger partial charge in [0, 0.05) is 18.5 Å². The van der Waals surface area contributed by atoms with Crippen molar-refractivity contribution in [1.29, 1.82) is 0 Å². The topological polar surface area (TPSA) is 77.8 Å². The molecule has 6 heteroatoms. The molecule has 1 amide bonds. The third-order valence-corrected chi connectivity index (χ3v) is 2.98. The van der Waals surface area contributed by atoms with Crippen LogP contribution in [0.25, 0.3) is 0 Å². The monoisotopic (exact) mass is 253 g/mol. The molecule has 1 atom stereocenters. The molecule has 2 rings (SSSR count). The van der Waals surface area contributed by atoms with Gasteiger partial charge in [-0.1, -0.05) is 12.1 Å². The van der Waals surface area contributed by atoms with Crippen LogP contribution in [0, 0.1) is 11.7 Å². The minimum absolute atomic E-state index is 0.0197. The number of nitrogens with zero attached hydrogens (tertiary/aromatic N) is 1. The summed E-state index contributed by atoms with van der Waals surface area (Å²) in [7, 11) is 0. The summed E-state index contributed by atoms with van der Waals surface area (Å²) in [6, 6.07) is 4.11. The SMILES string of the molecule is O=C(O)C1CC(=O)N(c2c(F)cccc2CO)C1. The molecule has 1 saturated heterocycles. The van der Waals surface area contributed by atoms with Gasteiger partial charge in [0.1, 0.15) is 5.82 Å². The first-order chi connectivity index (χ1) is 8.54. The number of carbonyl (C=O) groups excluding carboxylic acids is 1. The van der Waals surface area contributed by atoms with Gasteiger partial charge in [-0.3, -0.25) is 9.59 Å². The van der Waals surface area contributed by atoms with Gasteiger partial charge in [-0.25, -0.2) is 4.39 Å². The lowest BCUT2D eigenvalue weighted by Crippen LogP contribution is -2.27. The first-order valence-electron chi connectivity index (χ1n) is 5.46. The molecule has 0 radical (unpaired) electrons. The van der Waals surface area contributed by atoms with Crippen LogP contribution in [0.5, 0.6) is 0 Å². The van der Waals surface area contributed by atoms with Gasteiger partial charge in [-0.15, -0.1) is 0 Å². The lowest BCUT2D eigenvalue weighted by molar-refractivity contribution is -0.141. The number of halogens is 1. The smallest absolute Gasteiger partial charge is 0.308 e. The van der Waals surface area contributed by atoms with E-state index in [1.165, 1.54) is 18.2 Å². The molecule has 18 heavy (non-hydrogen) atoms. The fourth-order valence-corrected chi connectivity index (χ4v) is 2.08. The number of aliphatic hydroxyl groups excluding tert-OH is 1. The molecule has 1 fully saturated rings. The predicted molar refractivity (Wildman–Crippen MR) is 60.4 cm³/mol. The van der Waals surface area contributed by atoms with Gasteiger partial charge in [0.2, 0.25) is 5.91 Å². The van der Waals surface area contributed by atoms with Gasteiger partial charge in [0.25, 0.3) is 0 Å². The third kappa shape index (κ3) is 2.06. The maximum atomic E-state index is 13.7. The van der Waals surface area contributed by atoms with Crippen molar-refractivity contribution >= 4 is 17.6 Å². The average Bonchev–Trinajstić information content (AvgIpc) is 2.71. The molecular formula is C12H12FNO4. The molecule has 0 aliphatic carbocycles. The molecule has 1 heterocycles. The summed E-state index contributed by atoms with van der Waals surface area (Å²) in [5.74, 6) is -2.99. The van der Waals surface area contributed by atoms with Gasteiger partial charge in [-0.2, -0.15) is 0 Å². The highest BCUT2D eigenvalue weighted by atomic mass is 19.1. The van der Waals surface area contributed by atoms with Crippen molar-refractivity contribution in [3.05, 3.63) is 29.6 Å². The zero-order valence-corrected chi connectivity index (χ0v) is 9.47. The predicted octanol–water partition coefficient (Wildman–Crippen LogP) is 0.756. The van der Waals surface area contributed by atoms with Crippen molar-refractivity contribution in [1.82, 2.24) is 0 Å². The number of hydrogen-bond acceptors (Lipinski definition) is 3. The number of aliphatic hydroxyl groups is 1. The molecule has 0 saturated carbocycles. The van der Waals surface area contributed by atoms with Crippen LogP contribution < -0.4 is 4.90 Å². The van der Waals surface area contributed by atoms with E-state index in [0.717, 1.165) is 4.90 Å². The van der Waals surface area contributed by atoms with Crippen LogP contribution >= 0.6 is 0 Å². The molecule has 0 spiro atoms. The van der Waals surface area contributed by atoms with E-state index in [1.807, 2.05) is 0 Å². The number of para-hydroxylation sites is 1. The number of benzene rings is 1. The lowest BCUT2D eigenvalue weighted by Gasteiger charge is -2.19. The summed E-state index contributed by atoms with van der Waals surface area (Å²) in [5, 5.41) is 18.0. The Hall–Kier alpha value is -1.95. The summed E-state index contributed by atoms with van der Waals surface area (Å²) in [6.07, 6.45) is -0.144. The highest BCUT2D eigenvalue weighted by Gasteiger charge is 2.36. The van der Waals surface area contributed by atoms with Crippen LogP contribution in [-0.2, 0) is 16.2 Å². The number of amides is 1. The summed E-state index contributed by atoms with van der Waals surface area (Å²) < 4.78 is 13.7. The molecule has 1 aliphatic rings. The van der Waals surface area contributed by atoms with Crippen LogP contribution in [0.15, 0.2) is 18.2 Å². The van der Waals surface area contributed by atoms with Crippen molar-refractivity contribution in [2.45, 2.75) is 13.0 Å². The quantitative estimate of drug-likeness (QED) is 0.833. The number of carboxylic acid groups (broad SMARTS) is 1. The minimum atomic E-state index is -1.08. The Morgan fingerprint density at radius 2 is 2.22 bits per heavy atom. The van der Waals surface area contributed by atoms with E-state index >= 15 is 0 Å². The Morgan fingerprint density at radius 3 is 2.78 bits per heavy atom. The van der Waals surface area contributed by atoms with Crippen LogP contribution in [0.3, 0.4) is 0 Å². The van der Waals surface area contributed by atoms with Crippen molar-refractivity contribution < 1.29 is 24.2 Å². The van der Waals surface area contributed by atoms with Crippen molar-refractivity contribution in [2.75, 3.05) is 11.4 Å². The largest absolute Gasteiger partial charge is 0.481 e. The van der Waals surface area contributed by atoms with E-state index in [4.69, 9.17) is 10.2 Å². The van der Waals surface area contributed by atoms with Crippen LogP contribution in [0.2, 0.25) is 0 Å². The minimum Gasteiger partial charge on any atom is -0.481 e. The fourth-order valence-electron chi connectivity index (χ4n) is 2.08. The Morgan fingerprint density at radius 1 is 1.50 bits per heavy atom. The standard InChI is InChI=1S/C12H12FNO4/c13-9-3-1-2-7(6-15)11(9)14-5-8(12(17)18)4-10(14)16/h1-3,8,15H,4-6H2,(H,17,18). The van der Waals surface area contributed by atoms with E-state index in [2.05, 4.69) is 0 Å². The molecule has 1 aromatic rings. The summed E-state index contributed by atoms with van der Waals surface area (Å²) in [5.41, 5.74) is 0.253. The third-order valence-electron chi connectivity index (χ3n) is 2.98. The van der Waals surface area contributed by atoms with Gasteiger partial charge in [0.15, 0.2) is 0 Å².